The number of nitrogens with two attached hydrogens (primary N) is 2. The quantitative estimate of drug-likeness (QED) is 0.608. The second-order valence-electron chi connectivity index (χ2n) is 6.85. The first-order valence-corrected chi connectivity index (χ1v) is 8.62. The number of halogens is 1. The first-order chi connectivity index (χ1) is 11.9. The second kappa shape index (κ2) is 5.86. The number of nitrogen functional groups attached to an aromatic ring is 1. The zero-order valence-corrected chi connectivity index (χ0v) is 14.7. The number of anilines is 2. The van der Waals surface area contributed by atoms with Crippen molar-refractivity contribution >= 4 is 34.3 Å². The minimum absolute atomic E-state index is 0.0980. The maximum Gasteiger partial charge on any atom is 0.177 e. The summed E-state index contributed by atoms with van der Waals surface area (Å²) in [5.41, 5.74) is 15.2. The molecule has 130 valence electrons. The van der Waals surface area contributed by atoms with Crippen molar-refractivity contribution in [3.8, 4) is 11.3 Å². The molecule has 1 aliphatic heterocycles. The topological polar surface area (TPSA) is 110 Å². The summed E-state index contributed by atoms with van der Waals surface area (Å²) in [7, 11) is 0. The SMILES string of the molecule is CC1(N)CCN(c2cnc3c(-c4cccc(N)c4Cl)n[nH]c3n2)CC1. The lowest BCUT2D eigenvalue weighted by Gasteiger charge is -2.37. The van der Waals surface area contributed by atoms with E-state index in [-0.39, 0.29) is 5.54 Å². The lowest BCUT2D eigenvalue weighted by atomic mass is 9.91. The highest BCUT2D eigenvalue weighted by molar-refractivity contribution is 6.36. The molecule has 5 N–H and O–H groups in total. The van der Waals surface area contributed by atoms with Crippen LogP contribution < -0.4 is 16.4 Å². The molecular weight excluding hydrogens is 338 g/mol. The van der Waals surface area contributed by atoms with Crippen LogP contribution in [0.15, 0.2) is 24.4 Å². The van der Waals surface area contributed by atoms with E-state index < -0.39 is 0 Å². The molecule has 8 heteroatoms. The Balaban J connectivity index is 1.69. The number of fused-ring (bicyclic) bond motifs is 1. The molecular formula is C17H20ClN7. The van der Waals surface area contributed by atoms with E-state index in [4.69, 9.17) is 23.1 Å². The lowest BCUT2D eigenvalue weighted by molar-refractivity contribution is 0.363. The number of hydrogen-bond donors (Lipinski definition) is 3. The van der Waals surface area contributed by atoms with Crippen molar-refractivity contribution in [1.82, 2.24) is 20.2 Å². The fraction of sp³-hybridized carbons (Fsp3) is 0.353. The van der Waals surface area contributed by atoms with Crippen LogP contribution in [0.5, 0.6) is 0 Å². The summed E-state index contributed by atoms with van der Waals surface area (Å²) >= 11 is 6.32. The van der Waals surface area contributed by atoms with E-state index in [1.165, 1.54) is 0 Å². The summed E-state index contributed by atoms with van der Waals surface area (Å²) in [6.45, 7) is 3.83. The minimum Gasteiger partial charge on any atom is -0.398 e. The van der Waals surface area contributed by atoms with Crippen molar-refractivity contribution in [2.45, 2.75) is 25.3 Å². The highest BCUT2D eigenvalue weighted by Crippen LogP contribution is 2.34. The zero-order chi connectivity index (χ0) is 17.6. The number of aromatic amines is 1. The van der Waals surface area contributed by atoms with Crippen LogP contribution in [-0.4, -0.2) is 38.8 Å². The zero-order valence-electron chi connectivity index (χ0n) is 14.0. The van der Waals surface area contributed by atoms with Gasteiger partial charge >= 0.3 is 0 Å². The third kappa shape index (κ3) is 2.89. The molecule has 1 aromatic carbocycles. The Kier molecular flexibility index (Phi) is 3.77. The maximum absolute atomic E-state index is 6.32. The van der Waals surface area contributed by atoms with E-state index in [0.717, 1.165) is 37.3 Å². The summed E-state index contributed by atoms with van der Waals surface area (Å²) in [4.78, 5) is 11.4. The predicted octanol–water partition coefficient (Wildman–Crippen LogP) is 2.57. The van der Waals surface area contributed by atoms with Crippen molar-refractivity contribution < 1.29 is 0 Å². The van der Waals surface area contributed by atoms with Gasteiger partial charge in [-0.05, 0) is 25.8 Å². The van der Waals surface area contributed by atoms with E-state index in [1.807, 2.05) is 12.1 Å². The molecule has 7 nitrogen and oxygen atoms in total. The highest BCUT2D eigenvalue weighted by Gasteiger charge is 2.27. The molecule has 25 heavy (non-hydrogen) atoms. The van der Waals surface area contributed by atoms with E-state index in [0.29, 0.717) is 27.6 Å². The summed E-state index contributed by atoms with van der Waals surface area (Å²) in [5.74, 6) is 0.830. The fourth-order valence-electron chi connectivity index (χ4n) is 3.11. The molecule has 0 spiro atoms. The van der Waals surface area contributed by atoms with Gasteiger partial charge in [0.25, 0.3) is 0 Å². The van der Waals surface area contributed by atoms with Crippen LogP contribution in [-0.2, 0) is 0 Å². The van der Waals surface area contributed by atoms with Crippen molar-refractivity contribution in [2.75, 3.05) is 23.7 Å². The van der Waals surface area contributed by atoms with Crippen molar-refractivity contribution in [3.63, 3.8) is 0 Å². The van der Waals surface area contributed by atoms with Crippen LogP contribution in [0.1, 0.15) is 19.8 Å². The van der Waals surface area contributed by atoms with Gasteiger partial charge in [-0.15, -0.1) is 0 Å². The van der Waals surface area contributed by atoms with Gasteiger partial charge in [0.15, 0.2) is 5.65 Å². The Morgan fingerprint density at radius 3 is 2.80 bits per heavy atom. The van der Waals surface area contributed by atoms with E-state index >= 15 is 0 Å². The average molecular weight is 358 g/mol. The molecule has 1 fully saturated rings. The number of rotatable bonds is 2. The molecule has 1 aliphatic rings. The molecule has 0 bridgehead atoms. The van der Waals surface area contributed by atoms with Gasteiger partial charge in [0.1, 0.15) is 17.0 Å². The van der Waals surface area contributed by atoms with Crippen LogP contribution >= 0.6 is 11.6 Å². The smallest absolute Gasteiger partial charge is 0.177 e. The fourth-order valence-corrected chi connectivity index (χ4v) is 3.33. The number of benzene rings is 1. The van der Waals surface area contributed by atoms with Crippen molar-refractivity contribution in [1.29, 1.82) is 0 Å². The molecule has 0 saturated carbocycles. The normalized spacial score (nSPS) is 17.2. The van der Waals surface area contributed by atoms with E-state index in [9.17, 15) is 0 Å². The Bertz CT molecular complexity index is 924. The van der Waals surface area contributed by atoms with E-state index in [1.54, 1.807) is 12.3 Å². The van der Waals surface area contributed by atoms with Gasteiger partial charge in [0.2, 0.25) is 0 Å². The Morgan fingerprint density at radius 2 is 2.04 bits per heavy atom. The van der Waals surface area contributed by atoms with Crippen LogP contribution in [0.3, 0.4) is 0 Å². The van der Waals surface area contributed by atoms with Gasteiger partial charge in [0.05, 0.1) is 16.9 Å². The Morgan fingerprint density at radius 1 is 1.28 bits per heavy atom. The number of piperidine rings is 1. The van der Waals surface area contributed by atoms with Crippen LogP contribution in [0.4, 0.5) is 11.5 Å². The first kappa shape index (κ1) is 16.1. The second-order valence-corrected chi connectivity index (χ2v) is 7.23. The van der Waals surface area contributed by atoms with E-state index in [2.05, 4.69) is 32.0 Å². The number of H-pyrrole nitrogens is 1. The lowest BCUT2D eigenvalue weighted by Crippen LogP contribution is -2.48. The Labute approximate surface area is 150 Å². The summed E-state index contributed by atoms with van der Waals surface area (Å²) < 4.78 is 0. The molecule has 0 atom stereocenters. The molecule has 0 aliphatic carbocycles. The van der Waals surface area contributed by atoms with Gasteiger partial charge < -0.3 is 16.4 Å². The van der Waals surface area contributed by atoms with Crippen LogP contribution in [0.25, 0.3) is 22.4 Å². The molecule has 0 radical (unpaired) electrons. The van der Waals surface area contributed by atoms with Crippen LogP contribution in [0, 0.1) is 0 Å². The monoisotopic (exact) mass is 357 g/mol. The predicted molar refractivity (Wildman–Crippen MR) is 101 cm³/mol. The molecule has 3 heterocycles. The summed E-state index contributed by atoms with van der Waals surface area (Å²) in [5, 5.41) is 7.78. The van der Waals surface area contributed by atoms with Gasteiger partial charge in [-0.25, -0.2) is 9.97 Å². The number of nitrogens with zero attached hydrogens (tertiary/aromatic N) is 4. The molecule has 2 aromatic heterocycles. The van der Waals surface area contributed by atoms with Gasteiger partial charge in [0, 0.05) is 24.2 Å². The highest BCUT2D eigenvalue weighted by atomic mass is 35.5. The average Bonchev–Trinajstić information content (AvgIpc) is 3.00. The van der Waals surface area contributed by atoms with Gasteiger partial charge in [-0.1, -0.05) is 23.7 Å². The molecule has 4 rings (SSSR count). The third-order valence-electron chi connectivity index (χ3n) is 4.77. The maximum atomic E-state index is 6.32. The number of aromatic nitrogens is 4. The third-order valence-corrected chi connectivity index (χ3v) is 5.19. The molecule has 0 amide bonds. The summed E-state index contributed by atoms with van der Waals surface area (Å²) in [6, 6.07) is 5.47. The number of nitrogens with one attached hydrogen (secondary N) is 1. The molecule has 3 aromatic rings. The number of hydrogen-bond acceptors (Lipinski definition) is 6. The largest absolute Gasteiger partial charge is 0.398 e. The standard InChI is InChI=1S/C17H20ClN7/c1-17(20)5-7-25(8-6-17)12-9-21-15-14(23-24-16(15)22-12)10-3-2-4-11(19)13(10)18/h2-4,9H,5-8,19-20H2,1H3,(H,22,23,24). The first-order valence-electron chi connectivity index (χ1n) is 8.24. The van der Waals surface area contributed by atoms with Crippen LogP contribution in [0.2, 0.25) is 5.02 Å². The van der Waals surface area contributed by atoms with Gasteiger partial charge in [-0.2, -0.15) is 5.10 Å². The van der Waals surface area contributed by atoms with Crippen molar-refractivity contribution in [2.24, 2.45) is 5.73 Å². The van der Waals surface area contributed by atoms with Gasteiger partial charge in [-0.3, -0.25) is 5.10 Å². The molecule has 1 saturated heterocycles. The minimum atomic E-state index is -0.0980. The molecule has 0 unspecified atom stereocenters. The van der Waals surface area contributed by atoms with Crippen molar-refractivity contribution in [3.05, 3.63) is 29.4 Å². The Hall–Kier alpha value is -2.38. The summed E-state index contributed by atoms with van der Waals surface area (Å²) in [6.07, 6.45) is 3.64.